The van der Waals surface area contributed by atoms with Crippen molar-refractivity contribution in [3.8, 4) is 6.07 Å². The summed E-state index contributed by atoms with van der Waals surface area (Å²) in [5.41, 5.74) is 2.25. The number of hydrogen-bond acceptors (Lipinski definition) is 4. The van der Waals surface area contributed by atoms with E-state index in [1.165, 1.54) is 0 Å². The van der Waals surface area contributed by atoms with Gasteiger partial charge >= 0.3 is 0 Å². The van der Waals surface area contributed by atoms with Gasteiger partial charge in [0.1, 0.15) is 6.07 Å². The lowest BCUT2D eigenvalue weighted by molar-refractivity contribution is 0.0345. The monoisotopic (exact) mass is 273 g/mol. The van der Waals surface area contributed by atoms with E-state index in [9.17, 15) is 10.4 Å². The zero-order valence-corrected chi connectivity index (χ0v) is 12.6. The molecule has 20 heavy (non-hydrogen) atoms. The summed E-state index contributed by atoms with van der Waals surface area (Å²) < 4.78 is 0. The Bertz CT molecular complexity index is 505. The first-order valence-corrected chi connectivity index (χ1v) is 7.09. The van der Waals surface area contributed by atoms with Crippen LogP contribution in [0.15, 0.2) is 18.2 Å². The molecule has 0 amide bonds. The fraction of sp³-hybridized carbons (Fsp3) is 0.562. The van der Waals surface area contributed by atoms with Crippen LogP contribution in [0, 0.1) is 18.3 Å². The number of nitriles is 1. The minimum absolute atomic E-state index is 0.649. The Kier molecular flexibility index (Phi) is 4.32. The Labute approximate surface area is 121 Å². The van der Waals surface area contributed by atoms with Gasteiger partial charge in [-0.3, -0.25) is 4.90 Å². The number of nitrogens with zero attached hydrogens (tertiary/aromatic N) is 3. The van der Waals surface area contributed by atoms with Gasteiger partial charge < -0.3 is 10.0 Å². The van der Waals surface area contributed by atoms with Gasteiger partial charge in [-0.25, -0.2) is 0 Å². The summed E-state index contributed by atoms with van der Waals surface area (Å²) in [7, 11) is 0. The van der Waals surface area contributed by atoms with Gasteiger partial charge in [0.2, 0.25) is 0 Å². The number of hydrogen-bond donors (Lipinski definition) is 1. The average Bonchev–Trinajstić information content (AvgIpc) is 2.38. The molecular weight excluding hydrogens is 250 g/mol. The van der Waals surface area contributed by atoms with Crippen molar-refractivity contribution in [2.75, 3.05) is 37.6 Å². The van der Waals surface area contributed by atoms with Crippen molar-refractivity contribution in [3.05, 3.63) is 29.3 Å². The van der Waals surface area contributed by atoms with E-state index in [0.29, 0.717) is 6.54 Å². The third kappa shape index (κ3) is 3.72. The topological polar surface area (TPSA) is 50.5 Å². The molecule has 0 atom stereocenters. The molecule has 0 saturated carbocycles. The predicted octanol–water partition coefficient (Wildman–Crippen LogP) is 1.76. The number of aliphatic hydroxyl groups is 1. The van der Waals surface area contributed by atoms with Gasteiger partial charge in [-0.1, -0.05) is 6.07 Å². The Morgan fingerprint density at radius 3 is 2.45 bits per heavy atom. The molecule has 0 aliphatic carbocycles. The maximum Gasteiger partial charge on any atom is 0.101 e. The number of anilines is 1. The van der Waals surface area contributed by atoms with Crippen molar-refractivity contribution >= 4 is 5.69 Å². The Morgan fingerprint density at radius 1 is 1.25 bits per heavy atom. The molecule has 1 fully saturated rings. The van der Waals surface area contributed by atoms with E-state index in [2.05, 4.69) is 21.9 Å². The van der Waals surface area contributed by atoms with E-state index in [0.717, 1.165) is 43.0 Å². The second-order valence-corrected chi connectivity index (χ2v) is 6.21. The zero-order valence-electron chi connectivity index (χ0n) is 12.6. The summed E-state index contributed by atoms with van der Waals surface area (Å²) in [6.45, 7) is 10.0. The predicted molar refractivity (Wildman–Crippen MR) is 80.8 cm³/mol. The van der Waals surface area contributed by atoms with Crippen LogP contribution in [-0.2, 0) is 0 Å². The molecule has 0 radical (unpaired) electrons. The Balaban J connectivity index is 2.03. The van der Waals surface area contributed by atoms with E-state index in [4.69, 9.17) is 0 Å². The highest BCUT2D eigenvalue weighted by atomic mass is 16.3. The van der Waals surface area contributed by atoms with Crippen LogP contribution in [0.25, 0.3) is 0 Å². The van der Waals surface area contributed by atoms with Crippen molar-refractivity contribution < 1.29 is 5.11 Å². The second kappa shape index (κ2) is 5.82. The molecule has 1 heterocycles. The van der Waals surface area contributed by atoms with Gasteiger partial charge in [-0.15, -0.1) is 0 Å². The maximum absolute atomic E-state index is 9.87. The van der Waals surface area contributed by atoms with Crippen molar-refractivity contribution in [1.82, 2.24) is 4.90 Å². The molecule has 4 nitrogen and oxygen atoms in total. The summed E-state index contributed by atoms with van der Waals surface area (Å²) >= 11 is 0. The molecule has 1 aromatic rings. The normalized spacial score (nSPS) is 17.1. The van der Waals surface area contributed by atoms with Crippen molar-refractivity contribution in [3.63, 3.8) is 0 Å². The van der Waals surface area contributed by atoms with E-state index in [-0.39, 0.29) is 0 Å². The second-order valence-electron chi connectivity index (χ2n) is 6.21. The first kappa shape index (κ1) is 14.8. The fourth-order valence-corrected chi connectivity index (χ4v) is 2.71. The molecule has 0 aromatic heterocycles. The lowest BCUT2D eigenvalue weighted by Crippen LogP contribution is -2.50. The smallest absolute Gasteiger partial charge is 0.101 e. The Morgan fingerprint density at radius 2 is 1.90 bits per heavy atom. The number of β-amino-alcohol motifs (C(OH)–C–C–N with tert-alkyl or cyclic N) is 1. The van der Waals surface area contributed by atoms with Crippen LogP contribution in [0.2, 0.25) is 0 Å². The van der Waals surface area contributed by atoms with Crippen LogP contribution in [0.4, 0.5) is 5.69 Å². The number of benzene rings is 1. The molecule has 1 aliphatic heterocycles. The first-order chi connectivity index (χ1) is 9.39. The SMILES string of the molecule is Cc1ccc(N2CCN(CC(C)(C)O)CC2)c(C#N)c1. The van der Waals surface area contributed by atoms with Crippen LogP contribution in [0.3, 0.4) is 0 Å². The minimum Gasteiger partial charge on any atom is -0.389 e. The third-order valence-electron chi connectivity index (χ3n) is 3.60. The van der Waals surface area contributed by atoms with Gasteiger partial charge in [0.15, 0.2) is 0 Å². The highest BCUT2D eigenvalue weighted by Crippen LogP contribution is 2.23. The minimum atomic E-state index is -0.649. The van der Waals surface area contributed by atoms with Crippen LogP contribution in [0.1, 0.15) is 25.0 Å². The molecule has 1 aromatic carbocycles. The third-order valence-corrected chi connectivity index (χ3v) is 3.60. The molecule has 1 saturated heterocycles. The molecule has 4 heteroatoms. The molecule has 0 unspecified atom stereocenters. The van der Waals surface area contributed by atoms with Gasteiger partial charge in [0.25, 0.3) is 0 Å². The van der Waals surface area contributed by atoms with Crippen LogP contribution in [-0.4, -0.2) is 48.3 Å². The van der Waals surface area contributed by atoms with Crippen LogP contribution < -0.4 is 4.90 Å². The van der Waals surface area contributed by atoms with Gasteiger partial charge in [0, 0.05) is 32.7 Å². The highest BCUT2D eigenvalue weighted by molar-refractivity contribution is 5.60. The van der Waals surface area contributed by atoms with E-state index >= 15 is 0 Å². The summed E-state index contributed by atoms with van der Waals surface area (Å²) in [5.74, 6) is 0. The number of aryl methyl sites for hydroxylation is 1. The first-order valence-electron chi connectivity index (χ1n) is 7.09. The van der Waals surface area contributed by atoms with Crippen LogP contribution >= 0.6 is 0 Å². The fourth-order valence-electron chi connectivity index (χ4n) is 2.71. The Hall–Kier alpha value is -1.57. The van der Waals surface area contributed by atoms with Gasteiger partial charge in [0.05, 0.1) is 16.9 Å². The van der Waals surface area contributed by atoms with Gasteiger partial charge in [-0.2, -0.15) is 5.26 Å². The molecule has 1 N–H and O–H groups in total. The largest absolute Gasteiger partial charge is 0.389 e. The molecule has 2 rings (SSSR count). The average molecular weight is 273 g/mol. The maximum atomic E-state index is 9.87. The summed E-state index contributed by atoms with van der Waals surface area (Å²) in [5, 5.41) is 19.1. The van der Waals surface area contributed by atoms with Crippen molar-refractivity contribution in [1.29, 1.82) is 5.26 Å². The molecule has 108 valence electrons. The van der Waals surface area contributed by atoms with Crippen molar-refractivity contribution in [2.45, 2.75) is 26.4 Å². The molecule has 0 spiro atoms. The highest BCUT2D eigenvalue weighted by Gasteiger charge is 2.23. The van der Waals surface area contributed by atoms with E-state index < -0.39 is 5.60 Å². The summed E-state index contributed by atoms with van der Waals surface area (Å²) in [6.07, 6.45) is 0. The van der Waals surface area contributed by atoms with Crippen LogP contribution in [0.5, 0.6) is 0 Å². The molecular formula is C16H23N3O. The zero-order chi connectivity index (χ0) is 14.8. The summed E-state index contributed by atoms with van der Waals surface area (Å²) in [6, 6.07) is 8.33. The quantitative estimate of drug-likeness (QED) is 0.911. The lowest BCUT2D eigenvalue weighted by Gasteiger charge is -2.38. The van der Waals surface area contributed by atoms with E-state index in [1.807, 2.05) is 32.9 Å². The van der Waals surface area contributed by atoms with E-state index in [1.54, 1.807) is 0 Å². The number of rotatable bonds is 3. The molecule has 1 aliphatic rings. The van der Waals surface area contributed by atoms with Gasteiger partial charge in [-0.05, 0) is 38.5 Å². The molecule has 0 bridgehead atoms. The van der Waals surface area contributed by atoms with Crippen molar-refractivity contribution in [2.24, 2.45) is 0 Å². The lowest BCUT2D eigenvalue weighted by atomic mass is 10.1. The standard InChI is InChI=1S/C16H23N3O/c1-13-4-5-15(14(10-13)11-17)19-8-6-18(7-9-19)12-16(2,3)20/h4-5,10,20H,6-9,12H2,1-3H3. The summed E-state index contributed by atoms with van der Waals surface area (Å²) in [4.78, 5) is 4.54. The number of piperazine rings is 1.